The van der Waals surface area contributed by atoms with E-state index in [1.54, 1.807) is 0 Å². The number of benzene rings is 9. The van der Waals surface area contributed by atoms with Gasteiger partial charge in [-0.25, -0.2) is 19.9 Å². The molecular weight excluding hydrogens is 743 g/mol. The average Bonchev–Trinajstić information content (AvgIpc) is 3.68. The lowest BCUT2D eigenvalue weighted by atomic mass is 9.95. The summed E-state index contributed by atoms with van der Waals surface area (Å²) < 4.78 is 2.41. The second-order valence-electron chi connectivity index (χ2n) is 15.4. The summed E-state index contributed by atoms with van der Waals surface area (Å²) in [6, 6.07) is 74.7. The van der Waals surface area contributed by atoms with Crippen LogP contribution in [0.5, 0.6) is 0 Å². The van der Waals surface area contributed by atoms with E-state index in [9.17, 15) is 0 Å². The lowest BCUT2D eigenvalue weighted by molar-refractivity contribution is 1.07. The van der Waals surface area contributed by atoms with E-state index in [0.717, 1.165) is 77.5 Å². The van der Waals surface area contributed by atoms with Crippen LogP contribution in [0.1, 0.15) is 0 Å². The summed E-state index contributed by atoms with van der Waals surface area (Å²) >= 11 is 0. The molecule has 0 fully saturated rings. The molecule has 284 valence electrons. The molecule has 0 aliphatic heterocycles. The molecule has 5 heteroatoms. The van der Waals surface area contributed by atoms with E-state index in [1.807, 2.05) is 60.7 Å². The fourth-order valence-electron chi connectivity index (χ4n) is 8.90. The van der Waals surface area contributed by atoms with Crippen molar-refractivity contribution in [3.05, 3.63) is 212 Å². The first-order valence-corrected chi connectivity index (χ1v) is 20.6. The van der Waals surface area contributed by atoms with Gasteiger partial charge in [0.1, 0.15) is 0 Å². The molecule has 0 saturated heterocycles. The molecule has 0 spiro atoms. The topological polar surface area (TPSA) is 56.5 Å². The Bertz CT molecular complexity index is 3560. The minimum atomic E-state index is 0.643. The van der Waals surface area contributed by atoms with Crippen LogP contribution in [-0.4, -0.2) is 24.5 Å². The Morgan fingerprint density at radius 1 is 0.295 bits per heavy atom. The number of fused-ring (bicyclic) bond motifs is 8. The van der Waals surface area contributed by atoms with Gasteiger partial charge < -0.3 is 4.57 Å². The van der Waals surface area contributed by atoms with Crippen LogP contribution >= 0.6 is 0 Å². The molecule has 61 heavy (non-hydrogen) atoms. The molecule has 0 atom stereocenters. The zero-order valence-electron chi connectivity index (χ0n) is 32.9. The minimum absolute atomic E-state index is 0.643. The third-order valence-electron chi connectivity index (χ3n) is 11.8. The molecule has 0 bridgehead atoms. The van der Waals surface area contributed by atoms with E-state index in [4.69, 9.17) is 19.9 Å². The Hall–Kier alpha value is -8.28. The molecular formula is C56H35N5. The lowest BCUT2D eigenvalue weighted by Crippen LogP contribution is -2.00. The van der Waals surface area contributed by atoms with Gasteiger partial charge in [-0.3, -0.25) is 0 Å². The summed E-state index contributed by atoms with van der Waals surface area (Å²) in [6.45, 7) is 0. The van der Waals surface area contributed by atoms with Gasteiger partial charge in [-0.05, 0) is 69.8 Å². The normalized spacial score (nSPS) is 11.6. The van der Waals surface area contributed by atoms with Crippen LogP contribution in [0.3, 0.4) is 0 Å². The van der Waals surface area contributed by atoms with Crippen LogP contribution in [0.15, 0.2) is 212 Å². The first kappa shape index (κ1) is 34.7. The van der Waals surface area contributed by atoms with E-state index in [-0.39, 0.29) is 0 Å². The van der Waals surface area contributed by atoms with Crippen molar-refractivity contribution in [3.63, 3.8) is 0 Å². The number of rotatable bonds is 6. The number of hydrogen-bond donors (Lipinski definition) is 0. The monoisotopic (exact) mass is 777 g/mol. The van der Waals surface area contributed by atoms with Gasteiger partial charge in [-0.2, -0.15) is 0 Å². The quantitative estimate of drug-likeness (QED) is 0.158. The lowest BCUT2D eigenvalue weighted by Gasteiger charge is -2.12. The summed E-state index contributed by atoms with van der Waals surface area (Å²) in [4.78, 5) is 20.2. The van der Waals surface area contributed by atoms with Gasteiger partial charge in [-0.15, -0.1) is 0 Å². The van der Waals surface area contributed by atoms with Crippen molar-refractivity contribution in [3.8, 4) is 62.2 Å². The third-order valence-corrected chi connectivity index (χ3v) is 11.8. The highest BCUT2D eigenvalue weighted by atomic mass is 15.0. The molecule has 0 aliphatic rings. The number of nitrogens with zero attached hydrogens (tertiary/aromatic N) is 5. The van der Waals surface area contributed by atoms with Crippen LogP contribution in [0, 0.1) is 0 Å². The molecule has 5 nitrogen and oxygen atoms in total. The van der Waals surface area contributed by atoms with Crippen molar-refractivity contribution in [2.75, 3.05) is 0 Å². The van der Waals surface area contributed by atoms with Crippen LogP contribution in [0.25, 0.3) is 116 Å². The zero-order valence-corrected chi connectivity index (χ0v) is 32.9. The molecule has 0 aliphatic carbocycles. The van der Waals surface area contributed by atoms with Gasteiger partial charge in [-0.1, -0.05) is 170 Å². The largest absolute Gasteiger partial charge is 0.309 e. The number of aromatic nitrogens is 5. The molecule has 3 heterocycles. The molecule has 12 rings (SSSR count). The van der Waals surface area contributed by atoms with Gasteiger partial charge in [0.25, 0.3) is 0 Å². The maximum atomic E-state index is 5.35. The Morgan fingerprint density at radius 3 is 1.48 bits per heavy atom. The molecule has 3 aromatic heterocycles. The number of para-hydroxylation sites is 2. The van der Waals surface area contributed by atoms with E-state index in [0.29, 0.717) is 17.5 Å². The van der Waals surface area contributed by atoms with E-state index in [1.165, 1.54) is 21.5 Å². The fourth-order valence-corrected chi connectivity index (χ4v) is 8.90. The maximum Gasteiger partial charge on any atom is 0.164 e. The Morgan fingerprint density at radius 2 is 0.803 bits per heavy atom. The van der Waals surface area contributed by atoms with Gasteiger partial charge >= 0.3 is 0 Å². The summed E-state index contributed by atoms with van der Waals surface area (Å²) in [5.74, 6) is 1.94. The molecule has 0 radical (unpaired) electrons. The standard InChI is InChI=1S/C56H35N5/c1-5-15-36(16-6-1)53-52-46(45-23-13-14-24-48(45)57-53)31-32-49-51(52)47-30-29-42(35-50(47)61(49)44-21-11-4-12-22-44)40-25-26-41-34-43(28-27-39(41)33-40)56-59-54(37-17-7-2-8-18-37)58-55(60-56)38-19-9-3-10-20-38/h1-35H. The van der Waals surface area contributed by atoms with Crippen molar-refractivity contribution in [2.45, 2.75) is 0 Å². The Labute approximate surface area is 351 Å². The first-order chi connectivity index (χ1) is 30.2. The molecule has 0 saturated carbocycles. The summed E-state index contributed by atoms with van der Waals surface area (Å²) in [7, 11) is 0. The summed E-state index contributed by atoms with van der Waals surface area (Å²) in [5.41, 5.74) is 11.6. The van der Waals surface area contributed by atoms with Crippen molar-refractivity contribution in [2.24, 2.45) is 0 Å². The van der Waals surface area contributed by atoms with Crippen molar-refractivity contribution in [1.29, 1.82) is 0 Å². The van der Waals surface area contributed by atoms with Gasteiger partial charge in [0.15, 0.2) is 17.5 Å². The second-order valence-corrected chi connectivity index (χ2v) is 15.4. The summed E-state index contributed by atoms with van der Waals surface area (Å²) in [6.07, 6.45) is 0. The van der Waals surface area contributed by atoms with E-state index < -0.39 is 0 Å². The third kappa shape index (κ3) is 5.94. The number of hydrogen-bond acceptors (Lipinski definition) is 4. The highest BCUT2D eigenvalue weighted by Crippen LogP contribution is 2.43. The van der Waals surface area contributed by atoms with Crippen molar-refractivity contribution >= 4 is 54.3 Å². The van der Waals surface area contributed by atoms with Gasteiger partial charge in [0.2, 0.25) is 0 Å². The number of pyridine rings is 1. The predicted octanol–water partition coefficient (Wildman–Crippen LogP) is 14.2. The van der Waals surface area contributed by atoms with Crippen molar-refractivity contribution in [1.82, 2.24) is 24.5 Å². The van der Waals surface area contributed by atoms with Gasteiger partial charge in [0.05, 0.1) is 22.2 Å². The molecule has 0 N–H and O–H groups in total. The maximum absolute atomic E-state index is 5.35. The van der Waals surface area contributed by atoms with Crippen LogP contribution < -0.4 is 0 Å². The summed E-state index contributed by atoms with van der Waals surface area (Å²) in [5, 5.41) is 8.17. The second kappa shape index (κ2) is 14.2. The molecule has 9 aromatic carbocycles. The van der Waals surface area contributed by atoms with Crippen LogP contribution in [0.2, 0.25) is 0 Å². The first-order valence-electron chi connectivity index (χ1n) is 20.6. The predicted molar refractivity (Wildman–Crippen MR) is 252 cm³/mol. The SMILES string of the molecule is c1ccc(-c2nc(-c3ccccc3)nc(-c3ccc4cc(-c5ccc6c7c8c(-c9ccccc9)nc9ccccc9c8ccc7n(-c7ccccc7)c6c5)ccc4c3)n2)cc1. The van der Waals surface area contributed by atoms with E-state index >= 15 is 0 Å². The van der Waals surface area contributed by atoms with Crippen LogP contribution in [0.4, 0.5) is 0 Å². The smallest absolute Gasteiger partial charge is 0.164 e. The average molecular weight is 778 g/mol. The Balaban J connectivity index is 1.02. The van der Waals surface area contributed by atoms with E-state index in [2.05, 4.69) is 156 Å². The van der Waals surface area contributed by atoms with Crippen LogP contribution in [-0.2, 0) is 0 Å². The van der Waals surface area contributed by atoms with Crippen molar-refractivity contribution < 1.29 is 0 Å². The fraction of sp³-hybridized carbons (Fsp3) is 0. The highest BCUT2D eigenvalue weighted by Gasteiger charge is 2.21. The zero-order chi connectivity index (χ0) is 40.3. The Kier molecular flexibility index (Phi) is 8.10. The molecule has 0 unspecified atom stereocenters. The van der Waals surface area contributed by atoms with Gasteiger partial charge in [0, 0.05) is 49.5 Å². The molecule has 12 aromatic rings. The minimum Gasteiger partial charge on any atom is -0.309 e. The molecule has 0 amide bonds. The highest BCUT2D eigenvalue weighted by molar-refractivity contribution is 6.28.